The first-order valence-corrected chi connectivity index (χ1v) is 8.67. The zero-order chi connectivity index (χ0) is 13.9. The molecule has 108 valence electrons. The van der Waals surface area contributed by atoms with Crippen LogP contribution in [0.5, 0.6) is 0 Å². The lowest BCUT2D eigenvalue weighted by atomic mass is 10.2. The number of aryl methyl sites for hydroxylation is 1. The van der Waals surface area contributed by atoms with Crippen LogP contribution in [0.4, 0.5) is 0 Å². The van der Waals surface area contributed by atoms with Crippen LogP contribution in [-0.2, 0) is 16.6 Å². The van der Waals surface area contributed by atoms with Crippen molar-refractivity contribution in [2.24, 2.45) is 0 Å². The molecule has 0 radical (unpaired) electrons. The minimum absolute atomic E-state index is 0.135. The van der Waals surface area contributed by atoms with E-state index in [9.17, 15) is 8.42 Å². The zero-order valence-corrected chi connectivity index (χ0v) is 12.7. The van der Waals surface area contributed by atoms with Gasteiger partial charge in [0.05, 0.1) is 6.20 Å². The number of aromatic nitrogens is 2. The number of hydrogen-bond donors (Lipinski definition) is 0. The Balaban J connectivity index is 2.17. The Morgan fingerprint density at radius 2 is 2.32 bits per heavy atom. The molecular formula is C12H20ClN3O2S. The van der Waals surface area contributed by atoms with Gasteiger partial charge in [-0.25, -0.2) is 8.42 Å². The van der Waals surface area contributed by atoms with Gasteiger partial charge in [0, 0.05) is 31.2 Å². The van der Waals surface area contributed by atoms with Crippen LogP contribution in [0.15, 0.2) is 17.3 Å². The Morgan fingerprint density at radius 1 is 1.53 bits per heavy atom. The first-order valence-electron chi connectivity index (χ1n) is 6.70. The van der Waals surface area contributed by atoms with E-state index >= 15 is 0 Å². The van der Waals surface area contributed by atoms with Crippen molar-refractivity contribution < 1.29 is 8.42 Å². The second-order valence-corrected chi connectivity index (χ2v) is 7.07. The van der Waals surface area contributed by atoms with Crippen LogP contribution in [0.1, 0.15) is 32.6 Å². The third-order valence-electron chi connectivity index (χ3n) is 3.53. The average Bonchev–Trinajstić information content (AvgIpc) is 3.05. The van der Waals surface area contributed by atoms with E-state index < -0.39 is 10.0 Å². The van der Waals surface area contributed by atoms with Gasteiger partial charge in [0.1, 0.15) is 4.90 Å². The fraction of sp³-hybridized carbons (Fsp3) is 0.750. The van der Waals surface area contributed by atoms with Gasteiger partial charge in [-0.3, -0.25) is 4.68 Å². The summed E-state index contributed by atoms with van der Waals surface area (Å²) in [5, 5.41) is 4.09. The zero-order valence-electron chi connectivity index (χ0n) is 11.1. The van der Waals surface area contributed by atoms with Crippen LogP contribution in [0, 0.1) is 0 Å². The van der Waals surface area contributed by atoms with Crippen molar-refractivity contribution in [2.45, 2.75) is 50.1 Å². The smallest absolute Gasteiger partial charge is 0.246 e. The van der Waals surface area contributed by atoms with Crippen LogP contribution in [0.25, 0.3) is 0 Å². The molecule has 19 heavy (non-hydrogen) atoms. The summed E-state index contributed by atoms with van der Waals surface area (Å²) in [7, 11) is -3.39. The van der Waals surface area contributed by atoms with Gasteiger partial charge < -0.3 is 0 Å². The van der Waals surface area contributed by atoms with Crippen LogP contribution in [0.2, 0.25) is 0 Å². The van der Waals surface area contributed by atoms with E-state index in [2.05, 4.69) is 5.10 Å². The maximum Gasteiger partial charge on any atom is 0.246 e. The minimum atomic E-state index is -3.39. The van der Waals surface area contributed by atoms with Gasteiger partial charge in [-0.15, -0.1) is 11.6 Å². The van der Waals surface area contributed by atoms with Gasteiger partial charge in [0.25, 0.3) is 0 Å². The normalized spacial score (nSPS) is 21.1. The fourth-order valence-corrected chi connectivity index (χ4v) is 4.33. The molecule has 1 saturated heterocycles. The van der Waals surface area contributed by atoms with Crippen LogP contribution in [-0.4, -0.2) is 41.0 Å². The van der Waals surface area contributed by atoms with Gasteiger partial charge in [-0.05, 0) is 25.7 Å². The van der Waals surface area contributed by atoms with Crippen molar-refractivity contribution in [3.63, 3.8) is 0 Å². The quantitative estimate of drug-likeness (QED) is 0.756. The summed E-state index contributed by atoms with van der Waals surface area (Å²) in [6.45, 7) is 3.30. The number of sulfonamides is 1. The molecular weight excluding hydrogens is 286 g/mol. The summed E-state index contributed by atoms with van der Waals surface area (Å²) >= 11 is 5.62. The molecule has 2 heterocycles. The van der Waals surface area contributed by atoms with Gasteiger partial charge in [0.2, 0.25) is 10.0 Å². The number of hydrogen-bond acceptors (Lipinski definition) is 3. The largest absolute Gasteiger partial charge is 0.271 e. The second kappa shape index (κ2) is 6.24. The van der Waals surface area contributed by atoms with E-state index in [-0.39, 0.29) is 6.04 Å². The molecule has 1 aromatic heterocycles. The van der Waals surface area contributed by atoms with Crippen molar-refractivity contribution in [1.82, 2.24) is 14.1 Å². The topological polar surface area (TPSA) is 55.2 Å². The Bertz CT molecular complexity index is 515. The monoisotopic (exact) mass is 305 g/mol. The van der Waals surface area contributed by atoms with Crippen LogP contribution < -0.4 is 0 Å². The predicted molar refractivity (Wildman–Crippen MR) is 74.8 cm³/mol. The van der Waals surface area contributed by atoms with Gasteiger partial charge >= 0.3 is 0 Å². The molecule has 0 N–H and O–H groups in total. The summed E-state index contributed by atoms with van der Waals surface area (Å²) in [6.07, 6.45) is 6.58. The summed E-state index contributed by atoms with van der Waals surface area (Å²) < 4.78 is 28.3. The van der Waals surface area contributed by atoms with E-state index in [0.717, 1.165) is 25.7 Å². The maximum atomic E-state index is 12.5. The highest BCUT2D eigenvalue weighted by Gasteiger charge is 2.34. The van der Waals surface area contributed by atoms with Crippen molar-refractivity contribution >= 4 is 21.6 Å². The lowest BCUT2D eigenvalue weighted by Gasteiger charge is -2.21. The molecule has 1 aromatic rings. The Morgan fingerprint density at radius 3 is 3.00 bits per heavy atom. The summed E-state index contributed by atoms with van der Waals surface area (Å²) in [6, 6.07) is 0.135. The third kappa shape index (κ3) is 3.12. The Labute approximate surface area is 119 Å². The minimum Gasteiger partial charge on any atom is -0.271 e. The Hall–Kier alpha value is -0.590. The summed E-state index contributed by atoms with van der Waals surface area (Å²) in [5.41, 5.74) is 0. The first kappa shape index (κ1) is 14.8. The molecule has 1 aliphatic heterocycles. The molecule has 1 fully saturated rings. The van der Waals surface area contributed by atoms with Crippen molar-refractivity contribution in [3.05, 3.63) is 12.4 Å². The van der Waals surface area contributed by atoms with Gasteiger partial charge in [-0.2, -0.15) is 9.40 Å². The number of alkyl halides is 1. The number of nitrogens with zero attached hydrogens (tertiary/aromatic N) is 3. The molecule has 0 saturated carbocycles. The highest BCUT2D eigenvalue weighted by molar-refractivity contribution is 7.89. The first-order chi connectivity index (χ1) is 9.09. The van der Waals surface area contributed by atoms with E-state index in [0.29, 0.717) is 23.9 Å². The molecule has 2 rings (SSSR count). The molecule has 0 amide bonds. The van der Waals surface area contributed by atoms with Crippen LogP contribution in [0.3, 0.4) is 0 Å². The highest BCUT2D eigenvalue weighted by atomic mass is 35.5. The number of rotatable bonds is 6. The molecule has 5 nitrogen and oxygen atoms in total. The van der Waals surface area contributed by atoms with E-state index in [4.69, 9.17) is 11.6 Å². The summed E-state index contributed by atoms with van der Waals surface area (Å²) in [5.74, 6) is 0.548. The molecule has 0 spiro atoms. The van der Waals surface area contributed by atoms with Crippen molar-refractivity contribution in [1.29, 1.82) is 0 Å². The molecule has 7 heteroatoms. The molecule has 1 atom stereocenters. The fourth-order valence-electron chi connectivity index (χ4n) is 2.49. The van der Waals surface area contributed by atoms with E-state index in [1.54, 1.807) is 15.2 Å². The summed E-state index contributed by atoms with van der Waals surface area (Å²) in [4.78, 5) is 0.294. The highest BCUT2D eigenvalue weighted by Crippen LogP contribution is 2.27. The van der Waals surface area contributed by atoms with Crippen molar-refractivity contribution in [2.75, 3.05) is 12.4 Å². The molecule has 0 bridgehead atoms. The number of halogens is 1. The molecule has 0 aliphatic carbocycles. The molecule has 1 aliphatic rings. The standard InChI is InChI=1S/C12H20ClN3O2S/c1-2-11-5-3-8-16(11)19(17,18)12-9-14-15(10-12)7-4-6-13/h9-11H,2-8H2,1H3. The lowest BCUT2D eigenvalue weighted by Crippen LogP contribution is -2.34. The van der Waals surface area contributed by atoms with E-state index in [1.165, 1.54) is 6.20 Å². The maximum absolute atomic E-state index is 12.5. The van der Waals surface area contributed by atoms with Crippen LogP contribution >= 0.6 is 11.6 Å². The Kier molecular flexibility index (Phi) is 4.86. The predicted octanol–water partition coefficient (Wildman–Crippen LogP) is 2.08. The second-order valence-electron chi connectivity index (χ2n) is 4.80. The van der Waals surface area contributed by atoms with E-state index in [1.807, 2.05) is 6.92 Å². The third-order valence-corrected chi connectivity index (χ3v) is 5.70. The lowest BCUT2D eigenvalue weighted by molar-refractivity contribution is 0.379. The van der Waals surface area contributed by atoms with Crippen molar-refractivity contribution in [3.8, 4) is 0 Å². The van der Waals surface area contributed by atoms with Gasteiger partial charge in [-0.1, -0.05) is 6.92 Å². The molecule has 0 aromatic carbocycles. The average molecular weight is 306 g/mol. The van der Waals surface area contributed by atoms with Gasteiger partial charge in [0.15, 0.2) is 0 Å². The molecule has 1 unspecified atom stereocenters. The SMILES string of the molecule is CCC1CCCN1S(=O)(=O)c1cnn(CCCCl)c1.